The minimum atomic E-state index is -0.378. The molecule has 0 spiro atoms. The number of H-pyrrole nitrogens is 1. The molecule has 5 heteroatoms. The molecule has 2 aromatic carbocycles. The lowest BCUT2D eigenvalue weighted by atomic mass is 10.2. The van der Waals surface area contributed by atoms with Crippen LogP contribution >= 0.6 is 12.2 Å². The minimum Gasteiger partial charge on any atom is -0.328 e. The van der Waals surface area contributed by atoms with Gasteiger partial charge in [0.15, 0.2) is 4.77 Å². The largest absolute Gasteiger partial charge is 0.328 e. The Morgan fingerprint density at radius 2 is 1.74 bits per heavy atom. The normalized spacial score (nSPS) is 11.1. The predicted octanol–water partition coefficient (Wildman–Crippen LogP) is 4.27. The first-order valence-corrected chi connectivity index (χ1v) is 6.15. The molecule has 96 valence electrons. The first kappa shape index (κ1) is 12.0. The number of aromatic nitrogens is 2. The maximum Gasteiger partial charge on any atom is 0.182 e. The number of hydrogen-bond acceptors (Lipinski definition) is 1. The molecular formula is C14H10F2N2S. The summed E-state index contributed by atoms with van der Waals surface area (Å²) in [5, 5.41) is 0. The summed E-state index contributed by atoms with van der Waals surface area (Å²) in [5.74, 6) is -0.693. The lowest BCUT2D eigenvalue weighted by molar-refractivity contribution is 0.617. The average Bonchev–Trinajstić information content (AvgIpc) is 2.71. The molecule has 0 fully saturated rings. The summed E-state index contributed by atoms with van der Waals surface area (Å²) in [7, 11) is 0. The molecule has 0 atom stereocenters. The number of halogens is 2. The van der Waals surface area contributed by atoms with Crippen molar-refractivity contribution in [3.05, 3.63) is 58.4 Å². The van der Waals surface area contributed by atoms with Crippen molar-refractivity contribution in [3.63, 3.8) is 0 Å². The van der Waals surface area contributed by atoms with E-state index in [0.717, 1.165) is 0 Å². The third kappa shape index (κ3) is 1.77. The van der Waals surface area contributed by atoms with Crippen molar-refractivity contribution in [1.29, 1.82) is 0 Å². The van der Waals surface area contributed by atoms with Gasteiger partial charge >= 0.3 is 0 Å². The molecule has 0 aliphatic heterocycles. The molecule has 0 radical (unpaired) electrons. The average molecular weight is 276 g/mol. The number of nitrogens with zero attached hydrogens (tertiary/aromatic N) is 1. The summed E-state index contributed by atoms with van der Waals surface area (Å²) in [6.07, 6.45) is 0. The number of fused-ring (bicyclic) bond motifs is 1. The van der Waals surface area contributed by atoms with Gasteiger partial charge in [-0.2, -0.15) is 0 Å². The summed E-state index contributed by atoms with van der Waals surface area (Å²) in [6.45, 7) is 1.67. The molecule has 0 aliphatic rings. The summed E-state index contributed by atoms with van der Waals surface area (Å²) >= 11 is 5.22. The molecular weight excluding hydrogens is 266 g/mol. The Morgan fingerprint density at radius 3 is 2.53 bits per heavy atom. The summed E-state index contributed by atoms with van der Waals surface area (Å²) < 4.78 is 29.3. The van der Waals surface area contributed by atoms with Crippen molar-refractivity contribution in [2.45, 2.75) is 6.92 Å². The topological polar surface area (TPSA) is 20.7 Å². The van der Waals surface area contributed by atoms with Gasteiger partial charge in [0.1, 0.15) is 17.2 Å². The summed E-state index contributed by atoms with van der Waals surface area (Å²) in [6, 6.07) is 9.46. The highest BCUT2D eigenvalue weighted by atomic mass is 32.1. The van der Waals surface area contributed by atoms with Crippen molar-refractivity contribution < 1.29 is 8.78 Å². The lowest BCUT2D eigenvalue weighted by Gasteiger charge is -2.08. The van der Waals surface area contributed by atoms with E-state index in [1.54, 1.807) is 35.8 Å². The van der Waals surface area contributed by atoms with Gasteiger partial charge in [-0.3, -0.25) is 4.57 Å². The monoisotopic (exact) mass is 276 g/mol. The second-order valence-electron chi connectivity index (χ2n) is 4.28. The molecule has 0 saturated heterocycles. The molecule has 19 heavy (non-hydrogen) atoms. The van der Waals surface area contributed by atoms with Crippen LogP contribution in [0.1, 0.15) is 5.56 Å². The van der Waals surface area contributed by atoms with Crippen molar-refractivity contribution in [2.75, 3.05) is 0 Å². The van der Waals surface area contributed by atoms with Crippen LogP contribution in [-0.2, 0) is 0 Å². The fourth-order valence-corrected chi connectivity index (χ4v) is 2.47. The van der Waals surface area contributed by atoms with Crippen molar-refractivity contribution >= 4 is 23.3 Å². The van der Waals surface area contributed by atoms with Crippen molar-refractivity contribution in [2.24, 2.45) is 0 Å². The quantitative estimate of drug-likeness (QED) is 0.658. The van der Waals surface area contributed by atoms with Gasteiger partial charge in [-0.05, 0) is 43.4 Å². The molecule has 1 aromatic heterocycles. The number of hydrogen-bond donors (Lipinski definition) is 1. The van der Waals surface area contributed by atoms with Gasteiger partial charge in [0, 0.05) is 5.56 Å². The van der Waals surface area contributed by atoms with E-state index >= 15 is 0 Å². The van der Waals surface area contributed by atoms with E-state index in [-0.39, 0.29) is 11.6 Å². The fourth-order valence-electron chi connectivity index (χ4n) is 2.17. The maximum atomic E-state index is 13.7. The molecule has 0 bridgehead atoms. The van der Waals surface area contributed by atoms with E-state index < -0.39 is 0 Å². The van der Waals surface area contributed by atoms with Crippen LogP contribution in [0.25, 0.3) is 16.7 Å². The summed E-state index contributed by atoms with van der Waals surface area (Å²) in [5.41, 5.74) is 2.01. The lowest BCUT2D eigenvalue weighted by Crippen LogP contribution is -1.99. The van der Waals surface area contributed by atoms with Gasteiger partial charge in [0.05, 0.1) is 11.2 Å². The van der Waals surface area contributed by atoms with E-state index in [9.17, 15) is 8.78 Å². The van der Waals surface area contributed by atoms with Crippen LogP contribution in [0.4, 0.5) is 8.78 Å². The molecule has 2 nitrogen and oxygen atoms in total. The molecule has 1 N–H and O–H groups in total. The van der Waals surface area contributed by atoms with Crippen LogP contribution in [-0.4, -0.2) is 9.55 Å². The number of para-hydroxylation sites is 1. The van der Waals surface area contributed by atoms with Crippen molar-refractivity contribution in [3.8, 4) is 5.69 Å². The maximum absolute atomic E-state index is 13.7. The van der Waals surface area contributed by atoms with E-state index in [0.29, 0.717) is 27.1 Å². The molecule has 0 amide bonds. The molecule has 0 saturated carbocycles. The highest BCUT2D eigenvalue weighted by molar-refractivity contribution is 7.71. The SMILES string of the molecule is Cc1c(F)cccc1-n1c(=S)[nH]c2c(F)cccc21. The Hall–Kier alpha value is -2.01. The zero-order valence-electron chi connectivity index (χ0n) is 10.1. The standard InChI is InChI=1S/C14H10F2N2S/c1-8-9(15)4-2-6-11(8)18-12-7-3-5-10(16)13(12)17-14(18)19/h2-7H,1H3,(H,17,19). The number of imidazole rings is 1. The van der Waals surface area contributed by atoms with Gasteiger partial charge in [-0.15, -0.1) is 0 Å². The molecule has 3 aromatic rings. The van der Waals surface area contributed by atoms with Gasteiger partial charge in [0.25, 0.3) is 0 Å². The Kier molecular flexibility index (Phi) is 2.71. The van der Waals surface area contributed by atoms with Crippen LogP contribution < -0.4 is 0 Å². The highest BCUT2D eigenvalue weighted by Gasteiger charge is 2.12. The molecule has 0 aliphatic carbocycles. The number of nitrogens with one attached hydrogen (secondary N) is 1. The first-order chi connectivity index (χ1) is 9.09. The zero-order valence-corrected chi connectivity index (χ0v) is 10.9. The van der Waals surface area contributed by atoms with Gasteiger partial charge < -0.3 is 4.98 Å². The molecule has 1 heterocycles. The van der Waals surface area contributed by atoms with E-state index in [1.807, 2.05) is 0 Å². The van der Waals surface area contributed by atoms with E-state index in [2.05, 4.69) is 4.98 Å². The minimum absolute atomic E-state index is 0.315. The molecule has 3 rings (SSSR count). The third-order valence-corrected chi connectivity index (χ3v) is 3.43. The number of benzene rings is 2. The van der Waals surface area contributed by atoms with Gasteiger partial charge in [-0.25, -0.2) is 8.78 Å². The predicted molar refractivity (Wildman–Crippen MR) is 73.1 cm³/mol. The van der Waals surface area contributed by atoms with Gasteiger partial charge in [0.2, 0.25) is 0 Å². The Balaban J connectivity index is 2.44. The second-order valence-corrected chi connectivity index (χ2v) is 4.67. The second kappa shape index (κ2) is 4.28. The third-order valence-electron chi connectivity index (χ3n) is 3.15. The van der Waals surface area contributed by atoms with E-state index in [1.165, 1.54) is 12.1 Å². The zero-order chi connectivity index (χ0) is 13.6. The Bertz CT molecular complexity index is 833. The smallest absolute Gasteiger partial charge is 0.182 e. The van der Waals surface area contributed by atoms with Gasteiger partial charge in [-0.1, -0.05) is 12.1 Å². The van der Waals surface area contributed by atoms with Crippen LogP contribution in [0.2, 0.25) is 0 Å². The highest BCUT2D eigenvalue weighted by Crippen LogP contribution is 2.24. The van der Waals surface area contributed by atoms with Crippen LogP contribution in [0.3, 0.4) is 0 Å². The summed E-state index contributed by atoms with van der Waals surface area (Å²) in [4.78, 5) is 2.82. The number of rotatable bonds is 1. The molecule has 0 unspecified atom stereocenters. The van der Waals surface area contributed by atoms with E-state index in [4.69, 9.17) is 12.2 Å². The Labute approximate surface area is 113 Å². The Morgan fingerprint density at radius 1 is 1.05 bits per heavy atom. The van der Waals surface area contributed by atoms with Crippen molar-refractivity contribution in [1.82, 2.24) is 9.55 Å². The number of aromatic amines is 1. The van der Waals surface area contributed by atoms with Crippen LogP contribution in [0.15, 0.2) is 36.4 Å². The first-order valence-electron chi connectivity index (χ1n) is 5.74. The van der Waals surface area contributed by atoms with Crippen LogP contribution in [0.5, 0.6) is 0 Å². The van der Waals surface area contributed by atoms with Crippen LogP contribution in [0, 0.1) is 23.3 Å². The fraction of sp³-hybridized carbons (Fsp3) is 0.0714.